The van der Waals surface area contributed by atoms with Gasteiger partial charge in [0.05, 0.1) is 12.5 Å². The van der Waals surface area contributed by atoms with Gasteiger partial charge in [0.25, 0.3) is 0 Å². The van der Waals surface area contributed by atoms with Crippen LogP contribution in [0.5, 0.6) is 0 Å². The maximum absolute atomic E-state index is 12.2. The molecule has 0 aliphatic rings. The van der Waals surface area contributed by atoms with E-state index < -0.39 is 0 Å². The van der Waals surface area contributed by atoms with Crippen LogP contribution in [0.25, 0.3) is 0 Å². The molecule has 2 aromatic carbocycles. The van der Waals surface area contributed by atoms with Crippen LogP contribution in [0.15, 0.2) is 54.6 Å². The van der Waals surface area contributed by atoms with Gasteiger partial charge in [-0.15, -0.1) is 0 Å². The van der Waals surface area contributed by atoms with E-state index in [-0.39, 0.29) is 24.3 Å². The minimum Gasteiger partial charge on any atom is -0.349 e. The van der Waals surface area contributed by atoms with Crippen LogP contribution in [-0.2, 0) is 9.59 Å². The van der Waals surface area contributed by atoms with Crippen LogP contribution < -0.4 is 10.6 Å². The second kappa shape index (κ2) is 7.93. The van der Waals surface area contributed by atoms with Crippen molar-refractivity contribution in [3.8, 4) is 0 Å². The topological polar surface area (TPSA) is 58.2 Å². The fraction of sp³-hybridized carbons (Fsp3) is 0.176. The first-order chi connectivity index (χ1) is 10.5. The maximum Gasteiger partial charge on any atom is 0.226 e. The normalized spacial score (nSPS) is 11.5. The van der Waals surface area contributed by atoms with E-state index >= 15 is 0 Å². The van der Waals surface area contributed by atoms with E-state index in [1.54, 1.807) is 0 Å². The van der Waals surface area contributed by atoms with E-state index in [2.05, 4.69) is 33.2 Å². The van der Waals surface area contributed by atoms with Crippen molar-refractivity contribution in [1.29, 1.82) is 0 Å². The van der Waals surface area contributed by atoms with Gasteiger partial charge in [-0.25, -0.2) is 0 Å². The molecule has 0 saturated carbocycles. The number of hydrogen-bond acceptors (Lipinski definition) is 2. The predicted octanol–water partition coefficient (Wildman–Crippen LogP) is 3.50. The van der Waals surface area contributed by atoms with Crippen molar-refractivity contribution in [1.82, 2.24) is 5.32 Å². The smallest absolute Gasteiger partial charge is 0.226 e. The SMILES string of the molecule is CC(=O)N[C@H](CC(=O)Nc1ccc(I)cc1)c1ccccc1. The zero-order valence-electron chi connectivity index (χ0n) is 12.2. The van der Waals surface area contributed by atoms with Crippen LogP contribution in [0.1, 0.15) is 24.9 Å². The van der Waals surface area contributed by atoms with Crippen molar-refractivity contribution in [3.63, 3.8) is 0 Å². The van der Waals surface area contributed by atoms with Crippen molar-refractivity contribution in [3.05, 3.63) is 63.7 Å². The number of anilines is 1. The average molecular weight is 408 g/mol. The summed E-state index contributed by atoms with van der Waals surface area (Å²) in [6.45, 7) is 1.45. The quantitative estimate of drug-likeness (QED) is 0.745. The molecule has 22 heavy (non-hydrogen) atoms. The van der Waals surface area contributed by atoms with Crippen LogP contribution in [0, 0.1) is 3.57 Å². The predicted molar refractivity (Wildman–Crippen MR) is 95.4 cm³/mol. The van der Waals surface area contributed by atoms with Gasteiger partial charge >= 0.3 is 0 Å². The molecule has 0 aliphatic carbocycles. The molecule has 0 heterocycles. The molecule has 0 fully saturated rings. The Morgan fingerprint density at radius 1 is 1.05 bits per heavy atom. The Kier molecular flexibility index (Phi) is 5.94. The fourth-order valence-corrected chi connectivity index (χ4v) is 2.47. The number of hydrogen-bond donors (Lipinski definition) is 2. The standard InChI is InChI=1S/C17H17IN2O2/c1-12(21)19-16(13-5-3-2-4-6-13)11-17(22)20-15-9-7-14(18)8-10-15/h2-10,16H,11H2,1H3,(H,19,21)(H,20,22)/t16-/m1/s1. The minimum absolute atomic E-state index is 0.135. The lowest BCUT2D eigenvalue weighted by Gasteiger charge is -2.18. The molecule has 2 rings (SSSR count). The minimum atomic E-state index is -0.331. The molecule has 2 N–H and O–H groups in total. The molecule has 0 aromatic heterocycles. The molecule has 0 aliphatic heterocycles. The van der Waals surface area contributed by atoms with Crippen molar-refractivity contribution in [2.45, 2.75) is 19.4 Å². The van der Waals surface area contributed by atoms with Gasteiger partial charge in [0, 0.05) is 16.2 Å². The summed E-state index contributed by atoms with van der Waals surface area (Å²) < 4.78 is 1.11. The maximum atomic E-state index is 12.2. The molecule has 0 spiro atoms. The highest BCUT2D eigenvalue weighted by molar-refractivity contribution is 14.1. The van der Waals surface area contributed by atoms with E-state index in [0.29, 0.717) is 0 Å². The highest BCUT2D eigenvalue weighted by atomic mass is 127. The first-order valence-electron chi connectivity index (χ1n) is 6.92. The molecule has 0 unspecified atom stereocenters. The summed E-state index contributed by atoms with van der Waals surface area (Å²) in [6.07, 6.45) is 0.190. The molecule has 114 valence electrons. The lowest BCUT2D eigenvalue weighted by atomic mass is 10.0. The van der Waals surface area contributed by atoms with Crippen molar-refractivity contribution in [2.75, 3.05) is 5.32 Å². The molecule has 2 amide bonds. The van der Waals surface area contributed by atoms with E-state index in [1.165, 1.54) is 6.92 Å². The molecule has 2 aromatic rings. The largest absolute Gasteiger partial charge is 0.349 e. The zero-order chi connectivity index (χ0) is 15.9. The van der Waals surface area contributed by atoms with Crippen molar-refractivity contribution >= 4 is 40.1 Å². The summed E-state index contributed by atoms with van der Waals surface area (Å²) in [5.74, 6) is -0.292. The summed E-state index contributed by atoms with van der Waals surface area (Å²) >= 11 is 2.21. The van der Waals surface area contributed by atoms with Crippen LogP contribution in [0.3, 0.4) is 0 Å². The highest BCUT2D eigenvalue weighted by Crippen LogP contribution is 2.18. The van der Waals surface area contributed by atoms with Gasteiger partial charge in [0.2, 0.25) is 11.8 Å². The number of nitrogens with one attached hydrogen (secondary N) is 2. The Hall–Kier alpha value is -1.89. The van der Waals surface area contributed by atoms with Crippen molar-refractivity contribution < 1.29 is 9.59 Å². The number of carbonyl (C=O) groups is 2. The van der Waals surface area contributed by atoms with Crippen LogP contribution in [0.4, 0.5) is 5.69 Å². The number of carbonyl (C=O) groups excluding carboxylic acids is 2. The molecular weight excluding hydrogens is 391 g/mol. The van der Waals surface area contributed by atoms with Gasteiger partial charge in [-0.1, -0.05) is 30.3 Å². The van der Waals surface area contributed by atoms with Gasteiger partial charge in [-0.2, -0.15) is 0 Å². The molecule has 5 heteroatoms. The Labute approximate surface area is 143 Å². The van der Waals surface area contributed by atoms with Gasteiger partial charge in [-0.3, -0.25) is 9.59 Å². The molecule has 0 radical (unpaired) electrons. The first-order valence-corrected chi connectivity index (χ1v) is 8.00. The summed E-state index contributed by atoms with van der Waals surface area (Å²) in [6, 6.07) is 16.7. The van der Waals surface area contributed by atoms with Gasteiger partial charge < -0.3 is 10.6 Å². The Balaban J connectivity index is 2.04. The number of benzene rings is 2. The Bertz CT molecular complexity index is 641. The van der Waals surface area contributed by atoms with E-state index in [1.807, 2.05) is 54.6 Å². The lowest BCUT2D eigenvalue weighted by Crippen LogP contribution is -2.29. The first kappa shape index (κ1) is 16.5. The van der Waals surface area contributed by atoms with E-state index in [9.17, 15) is 9.59 Å². The van der Waals surface area contributed by atoms with Crippen LogP contribution >= 0.6 is 22.6 Å². The molecule has 4 nitrogen and oxygen atoms in total. The Morgan fingerprint density at radius 3 is 2.27 bits per heavy atom. The lowest BCUT2D eigenvalue weighted by molar-refractivity contribution is -0.120. The fourth-order valence-electron chi connectivity index (χ4n) is 2.11. The van der Waals surface area contributed by atoms with Crippen LogP contribution in [-0.4, -0.2) is 11.8 Å². The monoisotopic (exact) mass is 408 g/mol. The molecule has 0 saturated heterocycles. The van der Waals surface area contributed by atoms with Gasteiger partial charge in [-0.05, 0) is 52.4 Å². The van der Waals surface area contributed by atoms with Crippen molar-refractivity contribution in [2.24, 2.45) is 0 Å². The zero-order valence-corrected chi connectivity index (χ0v) is 14.3. The third kappa shape index (κ3) is 5.14. The average Bonchev–Trinajstić information content (AvgIpc) is 2.49. The third-order valence-electron chi connectivity index (χ3n) is 3.10. The summed E-state index contributed by atoms with van der Waals surface area (Å²) in [7, 11) is 0. The number of halogens is 1. The summed E-state index contributed by atoms with van der Waals surface area (Å²) in [5, 5.41) is 5.67. The molecule has 1 atom stereocenters. The number of rotatable bonds is 5. The second-order valence-electron chi connectivity index (χ2n) is 4.92. The second-order valence-corrected chi connectivity index (χ2v) is 6.17. The Morgan fingerprint density at radius 2 is 1.68 bits per heavy atom. The van der Waals surface area contributed by atoms with Crippen LogP contribution in [0.2, 0.25) is 0 Å². The van der Waals surface area contributed by atoms with Gasteiger partial charge in [0.15, 0.2) is 0 Å². The summed E-state index contributed by atoms with van der Waals surface area (Å²) in [4.78, 5) is 23.6. The molecular formula is C17H17IN2O2. The number of amides is 2. The highest BCUT2D eigenvalue weighted by Gasteiger charge is 2.16. The summed E-state index contributed by atoms with van der Waals surface area (Å²) in [5.41, 5.74) is 1.66. The van der Waals surface area contributed by atoms with Gasteiger partial charge in [0.1, 0.15) is 0 Å². The third-order valence-corrected chi connectivity index (χ3v) is 3.82. The molecule has 0 bridgehead atoms. The van der Waals surface area contributed by atoms with E-state index in [0.717, 1.165) is 14.8 Å². The van der Waals surface area contributed by atoms with E-state index in [4.69, 9.17) is 0 Å².